The lowest BCUT2D eigenvalue weighted by Gasteiger charge is -2.43. The molecule has 6 heteroatoms. The van der Waals surface area contributed by atoms with Crippen molar-refractivity contribution in [2.45, 2.75) is 45.4 Å². The van der Waals surface area contributed by atoms with Gasteiger partial charge in [-0.3, -0.25) is 19.8 Å². The number of nitrogens with zero attached hydrogens (tertiary/aromatic N) is 6. The van der Waals surface area contributed by atoms with Gasteiger partial charge in [-0.15, -0.1) is 0 Å². The second-order valence-corrected chi connectivity index (χ2v) is 17.4. The molecule has 312 valence electrons. The normalized spacial score (nSPS) is 14.6. The average molecular weight is 831 g/mol. The molecule has 0 saturated carbocycles. The molecule has 0 saturated heterocycles. The summed E-state index contributed by atoms with van der Waals surface area (Å²) in [5.41, 5.74) is 16.3. The largest absolute Gasteiger partial charge is 0.310 e. The van der Waals surface area contributed by atoms with Crippen molar-refractivity contribution >= 4 is 63.7 Å². The van der Waals surface area contributed by atoms with E-state index < -0.39 is 0 Å². The molecule has 6 aromatic carbocycles. The number of aromatic nitrogens is 2. The van der Waals surface area contributed by atoms with Crippen LogP contribution < -0.4 is 14.7 Å². The first kappa shape index (κ1) is 40.3. The van der Waals surface area contributed by atoms with E-state index in [9.17, 15) is 0 Å². The van der Waals surface area contributed by atoms with Crippen LogP contribution in [0.5, 0.6) is 0 Å². The lowest BCUT2D eigenvalue weighted by Crippen LogP contribution is -2.32. The summed E-state index contributed by atoms with van der Waals surface area (Å²) >= 11 is 0. The van der Waals surface area contributed by atoms with Crippen molar-refractivity contribution in [3.05, 3.63) is 228 Å². The van der Waals surface area contributed by atoms with Crippen molar-refractivity contribution in [3.63, 3.8) is 0 Å². The number of aliphatic imine (C=N–C) groups is 1. The van der Waals surface area contributed by atoms with E-state index in [1.54, 1.807) is 6.20 Å². The maximum absolute atomic E-state index is 5.76. The molecule has 0 atom stereocenters. The van der Waals surface area contributed by atoms with Crippen LogP contribution in [0.15, 0.2) is 206 Å². The number of hydrogen-bond acceptors (Lipinski definition) is 6. The zero-order valence-corrected chi connectivity index (χ0v) is 36.9. The smallest absolute Gasteiger partial charge is 0.142 e. The van der Waals surface area contributed by atoms with Crippen molar-refractivity contribution < 1.29 is 0 Å². The first-order chi connectivity index (χ1) is 31.2. The first-order valence-electron chi connectivity index (χ1n) is 21.9. The van der Waals surface area contributed by atoms with E-state index >= 15 is 0 Å². The standard InChI is InChI=1S/C58H50N6/c1-7-40(32-35-59-6)41-24-28-44(29-25-41)62(45-30-26-42(27-31-45)43-33-36-60-37-34-43)46-38-55(63-51-20-12-8-16-47(51)57(2,3)48-17-9-13-21-52(48)63)61-56(39-46)64-53-22-14-10-18-49(53)58(4,5)50-19-11-15-23-54(50)64/h7-39H,6H2,1-5H3/b35-32-,40-7+. The highest BCUT2D eigenvalue weighted by Gasteiger charge is 2.40. The fourth-order valence-electron chi connectivity index (χ4n) is 9.77. The van der Waals surface area contributed by atoms with Crippen LogP contribution in [0.4, 0.5) is 51.4 Å². The summed E-state index contributed by atoms with van der Waals surface area (Å²) in [6.07, 6.45) is 9.50. The molecule has 0 N–H and O–H groups in total. The third-order valence-electron chi connectivity index (χ3n) is 13.0. The van der Waals surface area contributed by atoms with Crippen LogP contribution in [-0.4, -0.2) is 16.7 Å². The number of fused-ring (bicyclic) bond motifs is 4. The maximum atomic E-state index is 5.76. The van der Waals surface area contributed by atoms with Gasteiger partial charge in [0.2, 0.25) is 0 Å². The minimum atomic E-state index is -0.229. The van der Waals surface area contributed by atoms with Crippen LogP contribution in [0.1, 0.15) is 62.4 Å². The quantitative estimate of drug-likeness (QED) is 0.107. The summed E-state index contributed by atoms with van der Waals surface area (Å²) in [6, 6.07) is 61.3. The Morgan fingerprint density at radius 1 is 0.531 bits per heavy atom. The third-order valence-corrected chi connectivity index (χ3v) is 13.0. The van der Waals surface area contributed by atoms with E-state index in [1.807, 2.05) is 37.5 Å². The van der Waals surface area contributed by atoms with Gasteiger partial charge in [0.15, 0.2) is 0 Å². The molecule has 0 aliphatic carbocycles. The van der Waals surface area contributed by atoms with Crippen molar-refractivity contribution in [1.29, 1.82) is 0 Å². The Hall–Kier alpha value is -7.83. The van der Waals surface area contributed by atoms with Gasteiger partial charge in [0.05, 0.1) is 28.4 Å². The molecule has 8 aromatic rings. The second kappa shape index (κ2) is 16.1. The molecule has 6 nitrogen and oxygen atoms in total. The van der Waals surface area contributed by atoms with Gasteiger partial charge < -0.3 is 4.90 Å². The topological polar surface area (TPSA) is 47.9 Å². The number of para-hydroxylation sites is 4. The van der Waals surface area contributed by atoms with Gasteiger partial charge >= 0.3 is 0 Å². The van der Waals surface area contributed by atoms with E-state index in [2.05, 4.69) is 223 Å². The zero-order valence-electron chi connectivity index (χ0n) is 36.9. The summed E-state index contributed by atoms with van der Waals surface area (Å²) < 4.78 is 0. The van der Waals surface area contributed by atoms with Gasteiger partial charge in [-0.1, -0.05) is 131 Å². The molecule has 0 fully saturated rings. The molecule has 0 unspecified atom stereocenters. The molecule has 4 heterocycles. The fourth-order valence-corrected chi connectivity index (χ4v) is 9.77. The molecule has 0 amide bonds. The third kappa shape index (κ3) is 6.79. The first-order valence-corrected chi connectivity index (χ1v) is 21.9. The molecular weight excluding hydrogens is 781 g/mol. The van der Waals surface area contributed by atoms with Gasteiger partial charge in [0.1, 0.15) is 11.6 Å². The van der Waals surface area contributed by atoms with Gasteiger partial charge in [0.25, 0.3) is 0 Å². The number of benzene rings is 6. The molecular formula is C58H50N6. The summed E-state index contributed by atoms with van der Waals surface area (Å²) in [6.45, 7) is 15.0. The van der Waals surface area contributed by atoms with Crippen LogP contribution in [0.2, 0.25) is 0 Å². The van der Waals surface area contributed by atoms with Gasteiger partial charge in [-0.25, -0.2) is 4.98 Å². The molecule has 2 aliphatic heterocycles. The Balaban J connectivity index is 1.25. The van der Waals surface area contributed by atoms with Gasteiger partial charge in [-0.2, -0.15) is 0 Å². The van der Waals surface area contributed by atoms with Crippen molar-refractivity contribution in [3.8, 4) is 11.1 Å². The molecule has 0 radical (unpaired) electrons. The second-order valence-electron chi connectivity index (χ2n) is 17.4. The number of hydrogen-bond donors (Lipinski definition) is 0. The summed E-state index contributed by atoms with van der Waals surface area (Å²) in [4.78, 5) is 21.1. The van der Waals surface area contributed by atoms with Gasteiger partial charge in [0, 0.05) is 52.9 Å². The fraction of sp³-hybridized carbons (Fsp3) is 0.121. The number of rotatable bonds is 9. The minimum Gasteiger partial charge on any atom is -0.310 e. The molecule has 64 heavy (non-hydrogen) atoms. The van der Waals surface area contributed by atoms with Crippen LogP contribution in [0.25, 0.3) is 16.7 Å². The minimum absolute atomic E-state index is 0.229. The van der Waals surface area contributed by atoms with Crippen LogP contribution in [0, 0.1) is 0 Å². The van der Waals surface area contributed by atoms with Crippen molar-refractivity contribution in [2.24, 2.45) is 4.99 Å². The highest BCUT2D eigenvalue weighted by molar-refractivity contribution is 5.92. The van der Waals surface area contributed by atoms with Gasteiger partial charge in [-0.05, 0) is 125 Å². The van der Waals surface area contributed by atoms with E-state index in [1.165, 1.54) is 22.3 Å². The summed E-state index contributed by atoms with van der Waals surface area (Å²) in [5.74, 6) is 1.63. The predicted octanol–water partition coefficient (Wildman–Crippen LogP) is 15.4. The van der Waals surface area contributed by atoms with E-state index in [0.717, 1.165) is 73.7 Å². The molecule has 2 aliphatic rings. The van der Waals surface area contributed by atoms with Crippen LogP contribution in [0.3, 0.4) is 0 Å². The monoisotopic (exact) mass is 830 g/mol. The Labute approximate surface area is 376 Å². The van der Waals surface area contributed by atoms with Crippen LogP contribution >= 0.6 is 0 Å². The van der Waals surface area contributed by atoms with Crippen LogP contribution in [-0.2, 0) is 10.8 Å². The lowest BCUT2D eigenvalue weighted by atomic mass is 9.73. The zero-order chi connectivity index (χ0) is 44.0. The number of allylic oxidation sites excluding steroid dienone is 3. The molecule has 10 rings (SSSR count). The lowest BCUT2D eigenvalue weighted by molar-refractivity contribution is 0.630. The summed E-state index contributed by atoms with van der Waals surface area (Å²) in [5, 5.41) is 0. The van der Waals surface area contributed by atoms with E-state index in [-0.39, 0.29) is 10.8 Å². The van der Waals surface area contributed by atoms with E-state index in [0.29, 0.717) is 0 Å². The highest BCUT2D eigenvalue weighted by atomic mass is 15.3. The Morgan fingerprint density at radius 2 is 0.938 bits per heavy atom. The van der Waals surface area contributed by atoms with Crippen molar-refractivity contribution in [2.75, 3.05) is 14.7 Å². The average Bonchev–Trinajstić information content (AvgIpc) is 3.33. The molecule has 0 bridgehead atoms. The Morgan fingerprint density at radius 3 is 1.36 bits per heavy atom. The molecule has 0 spiro atoms. The van der Waals surface area contributed by atoms with E-state index in [4.69, 9.17) is 4.98 Å². The SMILES string of the molecule is C=N/C=C\C(=C/C)c1ccc(N(c2ccc(-c3ccncc3)cc2)c2cc(N3c4ccccc4C(C)(C)c4ccccc43)nc(N3c4ccccc4C(C)(C)c4ccccc43)c2)cc1. The number of anilines is 9. The number of pyridine rings is 2. The highest BCUT2D eigenvalue weighted by Crippen LogP contribution is 2.55. The maximum Gasteiger partial charge on any atom is 0.142 e. The van der Waals surface area contributed by atoms with Crippen molar-refractivity contribution in [1.82, 2.24) is 9.97 Å². The summed E-state index contributed by atoms with van der Waals surface area (Å²) in [7, 11) is 0. The molecule has 2 aromatic heterocycles. The Bertz CT molecular complexity index is 2870. The Kier molecular flexibility index (Phi) is 10.1. The predicted molar refractivity (Wildman–Crippen MR) is 268 cm³/mol.